The van der Waals surface area contributed by atoms with Crippen LogP contribution < -0.4 is 0 Å². The molecule has 13 heteroatoms. The second kappa shape index (κ2) is 13.6. The van der Waals surface area contributed by atoms with Gasteiger partial charge in [0.15, 0.2) is 0 Å². The number of halogens is 11. The van der Waals surface area contributed by atoms with E-state index < -0.39 is 42.7 Å². The maximum atomic E-state index is 13.6. The van der Waals surface area contributed by atoms with Gasteiger partial charge >= 0.3 is 29.9 Å². The molecule has 0 radical (unpaired) electrons. The molecule has 1 unspecified atom stereocenters. The molecule has 1 aliphatic rings. The van der Waals surface area contributed by atoms with Crippen LogP contribution in [0.2, 0.25) is 0 Å². The molecule has 0 aromatic rings. The second-order valence-electron chi connectivity index (χ2n) is 8.92. The van der Waals surface area contributed by atoms with Gasteiger partial charge in [-0.2, -0.15) is 48.3 Å². The van der Waals surface area contributed by atoms with Crippen molar-refractivity contribution in [3.8, 4) is 0 Å². The summed E-state index contributed by atoms with van der Waals surface area (Å²) in [5.74, 6) is -27.2. The van der Waals surface area contributed by atoms with Crippen molar-refractivity contribution in [1.82, 2.24) is 0 Å². The Morgan fingerprint density at radius 1 is 0.600 bits per heavy atom. The molecule has 0 bridgehead atoms. The molecule has 2 nitrogen and oxygen atoms in total. The standard InChI is InChI=1S/C22H33F11O2/c23-18(24,19(25,26)20(27,28)21(29,30)22(31,32)33)13-9-7-5-3-1-2-4-6-8-10-14-34-16-17-12-11-15-35-17/h17H,1-16H2. The van der Waals surface area contributed by atoms with Crippen LogP contribution in [0.5, 0.6) is 0 Å². The molecule has 1 rings (SSSR count). The van der Waals surface area contributed by atoms with Gasteiger partial charge in [0, 0.05) is 19.6 Å². The first-order chi connectivity index (χ1) is 16.1. The quantitative estimate of drug-likeness (QED) is 0.129. The predicted octanol–water partition coefficient (Wildman–Crippen LogP) is 8.58. The van der Waals surface area contributed by atoms with E-state index in [2.05, 4.69) is 0 Å². The van der Waals surface area contributed by atoms with Gasteiger partial charge in [0.2, 0.25) is 0 Å². The van der Waals surface area contributed by atoms with Crippen molar-refractivity contribution >= 4 is 0 Å². The van der Waals surface area contributed by atoms with E-state index in [1.807, 2.05) is 0 Å². The minimum atomic E-state index is -7.32. The van der Waals surface area contributed by atoms with Gasteiger partial charge in [0.1, 0.15) is 0 Å². The number of alkyl halides is 11. The number of unbranched alkanes of at least 4 members (excludes halogenated alkanes) is 9. The van der Waals surface area contributed by atoms with Gasteiger partial charge in [0.05, 0.1) is 12.7 Å². The van der Waals surface area contributed by atoms with Crippen molar-refractivity contribution in [2.45, 2.75) is 119 Å². The van der Waals surface area contributed by atoms with Crippen LogP contribution >= 0.6 is 0 Å². The van der Waals surface area contributed by atoms with E-state index in [0.717, 1.165) is 58.0 Å². The zero-order valence-electron chi connectivity index (χ0n) is 19.4. The fraction of sp³-hybridized carbons (Fsp3) is 1.00. The van der Waals surface area contributed by atoms with Crippen LogP contribution in [0.25, 0.3) is 0 Å². The Kier molecular flexibility index (Phi) is 12.5. The van der Waals surface area contributed by atoms with E-state index in [0.29, 0.717) is 26.1 Å². The molecule has 0 aromatic carbocycles. The summed E-state index contributed by atoms with van der Waals surface area (Å²) in [6.45, 7) is 2.04. The van der Waals surface area contributed by atoms with Crippen molar-refractivity contribution < 1.29 is 57.8 Å². The number of ether oxygens (including phenoxy) is 2. The number of hydrogen-bond donors (Lipinski definition) is 0. The van der Waals surface area contributed by atoms with Crippen LogP contribution in [0.4, 0.5) is 48.3 Å². The Morgan fingerprint density at radius 3 is 1.54 bits per heavy atom. The first-order valence-corrected chi connectivity index (χ1v) is 11.9. The van der Waals surface area contributed by atoms with Crippen LogP contribution in [0.3, 0.4) is 0 Å². The molecule has 0 aliphatic carbocycles. The largest absolute Gasteiger partial charge is 0.460 e. The van der Waals surface area contributed by atoms with Crippen molar-refractivity contribution in [1.29, 1.82) is 0 Å². The molecule has 0 aromatic heterocycles. The molecule has 35 heavy (non-hydrogen) atoms. The molecule has 0 spiro atoms. The third-order valence-electron chi connectivity index (χ3n) is 5.96. The van der Waals surface area contributed by atoms with E-state index in [1.54, 1.807) is 0 Å². The van der Waals surface area contributed by atoms with Gasteiger partial charge in [-0.1, -0.05) is 51.4 Å². The topological polar surface area (TPSA) is 18.5 Å². The molecule has 0 N–H and O–H groups in total. The third kappa shape index (κ3) is 8.89. The molecule has 0 amide bonds. The Balaban J connectivity index is 2.15. The van der Waals surface area contributed by atoms with Gasteiger partial charge in [-0.3, -0.25) is 0 Å². The Bertz CT molecular complexity index is 588. The summed E-state index contributed by atoms with van der Waals surface area (Å²) >= 11 is 0. The predicted molar refractivity (Wildman–Crippen MR) is 106 cm³/mol. The molecular weight excluding hydrogens is 505 g/mol. The average Bonchev–Trinajstić information content (AvgIpc) is 3.26. The van der Waals surface area contributed by atoms with E-state index >= 15 is 0 Å². The Labute approximate surface area is 197 Å². The highest BCUT2D eigenvalue weighted by Gasteiger charge is 2.86. The summed E-state index contributed by atoms with van der Waals surface area (Å²) in [4.78, 5) is 0. The maximum absolute atomic E-state index is 13.6. The van der Waals surface area contributed by atoms with E-state index in [9.17, 15) is 48.3 Å². The highest BCUT2D eigenvalue weighted by atomic mass is 19.4. The van der Waals surface area contributed by atoms with Crippen molar-refractivity contribution in [2.24, 2.45) is 0 Å². The first kappa shape index (κ1) is 32.2. The normalized spacial score (nSPS) is 18.4. The SMILES string of the molecule is FC(F)(F)C(F)(F)C(F)(F)C(F)(F)C(F)(F)CCCCCCCCCCCCOCC1CCCO1. The minimum absolute atomic E-state index is 0.0745. The minimum Gasteiger partial charge on any atom is -0.379 e. The second-order valence-corrected chi connectivity index (χ2v) is 8.92. The summed E-state index contributed by atoms with van der Waals surface area (Å²) in [6.07, 6.45) is -1.31. The molecule has 0 saturated carbocycles. The lowest BCUT2D eigenvalue weighted by molar-refractivity contribution is -0.422. The van der Waals surface area contributed by atoms with Gasteiger partial charge in [-0.05, 0) is 25.7 Å². The highest BCUT2D eigenvalue weighted by molar-refractivity contribution is 5.06. The Morgan fingerprint density at radius 2 is 1.09 bits per heavy atom. The third-order valence-corrected chi connectivity index (χ3v) is 5.96. The van der Waals surface area contributed by atoms with Gasteiger partial charge in [-0.25, -0.2) is 0 Å². The van der Waals surface area contributed by atoms with Crippen LogP contribution in [-0.2, 0) is 9.47 Å². The maximum Gasteiger partial charge on any atom is 0.460 e. The lowest BCUT2D eigenvalue weighted by Crippen LogP contribution is -2.66. The van der Waals surface area contributed by atoms with Gasteiger partial charge in [-0.15, -0.1) is 0 Å². The smallest absolute Gasteiger partial charge is 0.379 e. The number of rotatable bonds is 18. The molecular formula is C22H33F11O2. The van der Waals surface area contributed by atoms with Crippen molar-refractivity contribution in [2.75, 3.05) is 19.8 Å². The van der Waals surface area contributed by atoms with Crippen LogP contribution in [-0.4, -0.2) is 55.8 Å². The molecule has 1 atom stereocenters. The van der Waals surface area contributed by atoms with Crippen LogP contribution in [0.1, 0.15) is 83.5 Å². The lowest BCUT2D eigenvalue weighted by atomic mass is 9.94. The highest BCUT2D eigenvalue weighted by Crippen LogP contribution is 2.58. The van der Waals surface area contributed by atoms with Gasteiger partial charge < -0.3 is 9.47 Å². The summed E-state index contributed by atoms with van der Waals surface area (Å²) in [7, 11) is 0. The summed E-state index contributed by atoms with van der Waals surface area (Å²) < 4.78 is 153. The zero-order valence-corrected chi connectivity index (χ0v) is 19.4. The zero-order chi connectivity index (χ0) is 26.8. The molecule has 210 valence electrons. The number of hydrogen-bond acceptors (Lipinski definition) is 2. The molecule has 1 fully saturated rings. The monoisotopic (exact) mass is 538 g/mol. The molecule has 1 aliphatic heterocycles. The van der Waals surface area contributed by atoms with Crippen LogP contribution in [0.15, 0.2) is 0 Å². The summed E-state index contributed by atoms with van der Waals surface area (Å²) in [6, 6.07) is 0. The van der Waals surface area contributed by atoms with E-state index in [4.69, 9.17) is 9.47 Å². The summed E-state index contributed by atoms with van der Waals surface area (Å²) in [5.41, 5.74) is 0. The average molecular weight is 538 g/mol. The molecule has 1 heterocycles. The fourth-order valence-electron chi connectivity index (χ4n) is 3.72. The fourth-order valence-corrected chi connectivity index (χ4v) is 3.72. The summed E-state index contributed by atoms with van der Waals surface area (Å²) in [5, 5.41) is 0. The van der Waals surface area contributed by atoms with E-state index in [1.165, 1.54) is 0 Å². The first-order valence-electron chi connectivity index (χ1n) is 11.9. The lowest BCUT2D eigenvalue weighted by Gasteiger charge is -2.37. The van der Waals surface area contributed by atoms with Crippen molar-refractivity contribution in [3.05, 3.63) is 0 Å². The van der Waals surface area contributed by atoms with Gasteiger partial charge in [0.25, 0.3) is 0 Å². The van der Waals surface area contributed by atoms with E-state index in [-0.39, 0.29) is 12.5 Å². The molecule has 1 saturated heterocycles. The van der Waals surface area contributed by atoms with Crippen molar-refractivity contribution in [3.63, 3.8) is 0 Å². The van der Waals surface area contributed by atoms with Crippen LogP contribution in [0, 0.1) is 0 Å². The Hall–Kier alpha value is -0.850.